The molecule has 1 amide bonds. The minimum Gasteiger partial charge on any atom is -0.323 e. The van der Waals surface area contributed by atoms with Crippen LogP contribution in [0.4, 0.5) is 11.4 Å². The van der Waals surface area contributed by atoms with E-state index in [2.05, 4.69) is 30.9 Å². The Balaban J connectivity index is 0.00000729. The van der Waals surface area contributed by atoms with Gasteiger partial charge in [0.1, 0.15) is 6.16 Å². The molecule has 153 valence electrons. The van der Waals surface area contributed by atoms with Gasteiger partial charge in [0, 0.05) is 45.7 Å². The first-order chi connectivity index (χ1) is 12.9. The normalized spacial score (nSPS) is 10.9. The fourth-order valence-corrected chi connectivity index (χ4v) is 8.53. The van der Waals surface area contributed by atoms with Crippen LogP contribution in [-0.4, -0.2) is 30.6 Å². The van der Waals surface area contributed by atoms with E-state index < -0.39 is 7.26 Å². The SMILES string of the molecule is [C-]#[N+]c1cc(C)c(NC(=O)C[P+](CCCC)(CCCC)CCCC)c(C)c1.[Y]. The Bertz CT molecular complexity index is 610. The van der Waals surface area contributed by atoms with Crippen molar-refractivity contribution in [3.63, 3.8) is 0 Å². The summed E-state index contributed by atoms with van der Waals surface area (Å²) in [5.74, 6) is 0.174. The largest absolute Gasteiger partial charge is 0.323 e. The van der Waals surface area contributed by atoms with Gasteiger partial charge in [-0.2, -0.15) is 0 Å². The van der Waals surface area contributed by atoms with E-state index in [4.69, 9.17) is 6.57 Å². The average molecular weight is 478 g/mol. The molecule has 28 heavy (non-hydrogen) atoms. The van der Waals surface area contributed by atoms with Crippen molar-refractivity contribution in [1.29, 1.82) is 0 Å². The Labute approximate surface area is 198 Å². The van der Waals surface area contributed by atoms with Crippen LogP contribution in [0.1, 0.15) is 70.4 Å². The van der Waals surface area contributed by atoms with Crippen molar-refractivity contribution < 1.29 is 37.5 Å². The maximum Gasteiger partial charge on any atom is 0.261 e. The maximum atomic E-state index is 13.0. The zero-order valence-corrected chi connectivity index (χ0v) is 22.3. The van der Waals surface area contributed by atoms with Gasteiger partial charge in [-0.1, -0.05) is 52.2 Å². The third-order valence-electron chi connectivity index (χ3n) is 5.35. The average Bonchev–Trinajstić information content (AvgIpc) is 2.65. The van der Waals surface area contributed by atoms with Crippen LogP contribution in [-0.2, 0) is 37.5 Å². The number of nitrogens with one attached hydrogen (secondary N) is 1. The number of anilines is 1. The molecule has 1 N–H and O–H groups in total. The first kappa shape index (κ1) is 27.7. The molecule has 0 aliphatic carbocycles. The number of nitrogens with zero attached hydrogens (tertiary/aromatic N) is 1. The number of unbranched alkanes of at least 4 members (excludes halogenated alkanes) is 3. The molecule has 0 unspecified atom stereocenters. The van der Waals surface area contributed by atoms with Gasteiger partial charge in [-0.3, -0.25) is 4.79 Å². The molecule has 0 heterocycles. The summed E-state index contributed by atoms with van der Waals surface area (Å²) in [5, 5.41) is 3.20. The molecule has 1 aromatic carbocycles. The second-order valence-corrected chi connectivity index (χ2v) is 12.2. The molecule has 0 saturated carbocycles. The molecule has 0 bridgehead atoms. The maximum absolute atomic E-state index is 13.0. The molecule has 0 aliphatic heterocycles. The molecule has 3 nitrogen and oxygen atoms in total. The molecule has 1 rings (SSSR count). The van der Waals surface area contributed by atoms with E-state index in [1.807, 2.05) is 26.0 Å². The van der Waals surface area contributed by atoms with E-state index in [-0.39, 0.29) is 38.6 Å². The summed E-state index contributed by atoms with van der Waals surface area (Å²) >= 11 is 0. The topological polar surface area (TPSA) is 33.5 Å². The van der Waals surface area contributed by atoms with Crippen molar-refractivity contribution in [3.05, 3.63) is 34.7 Å². The van der Waals surface area contributed by atoms with Crippen molar-refractivity contribution in [1.82, 2.24) is 0 Å². The molecule has 0 saturated heterocycles. The standard InChI is InChI=1S/C23H37N2OP.Y/c1-7-10-13-27(14-11-8-2,15-12-9-3)18-22(26)25-23-19(4)16-21(24-6)17-20(23)5;/h16-17H,7-15,18H2,1-5H3;/p+1. The summed E-state index contributed by atoms with van der Waals surface area (Å²) in [4.78, 5) is 16.5. The number of hydrogen-bond donors (Lipinski definition) is 1. The van der Waals surface area contributed by atoms with Gasteiger partial charge >= 0.3 is 0 Å². The van der Waals surface area contributed by atoms with Gasteiger partial charge in [0.25, 0.3) is 5.91 Å². The van der Waals surface area contributed by atoms with E-state index in [0.717, 1.165) is 23.0 Å². The van der Waals surface area contributed by atoms with Crippen LogP contribution < -0.4 is 5.32 Å². The van der Waals surface area contributed by atoms with Gasteiger partial charge in [-0.05, 0) is 44.2 Å². The van der Waals surface area contributed by atoms with Gasteiger partial charge in [-0.25, -0.2) is 4.85 Å². The molecular weight excluding hydrogens is 440 g/mol. The van der Waals surface area contributed by atoms with Crippen molar-refractivity contribution in [2.75, 3.05) is 30.0 Å². The molecule has 1 radical (unpaired) electrons. The monoisotopic (exact) mass is 478 g/mol. The smallest absolute Gasteiger partial charge is 0.261 e. The third kappa shape index (κ3) is 9.03. The Morgan fingerprint density at radius 2 is 1.39 bits per heavy atom. The molecular formula is C23H38N2OPY+. The van der Waals surface area contributed by atoms with E-state index >= 15 is 0 Å². The Kier molecular flexibility index (Phi) is 14.5. The Morgan fingerprint density at radius 1 is 0.964 bits per heavy atom. The molecule has 0 spiro atoms. The zero-order valence-electron chi connectivity index (χ0n) is 18.6. The summed E-state index contributed by atoms with van der Waals surface area (Å²) in [7, 11) is -1.24. The van der Waals surface area contributed by atoms with Gasteiger partial charge in [-0.15, -0.1) is 0 Å². The summed E-state index contributed by atoms with van der Waals surface area (Å²) < 4.78 is 0. The van der Waals surface area contributed by atoms with Crippen LogP contribution in [0, 0.1) is 20.4 Å². The van der Waals surface area contributed by atoms with Crippen LogP contribution in [0.15, 0.2) is 12.1 Å². The van der Waals surface area contributed by atoms with E-state index in [9.17, 15) is 4.79 Å². The molecule has 0 aliphatic rings. The predicted octanol–water partition coefficient (Wildman–Crippen LogP) is 7.21. The molecule has 1 aromatic rings. The van der Waals surface area contributed by atoms with Gasteiger partial charge < -0.3 is 5.32 Å². The minimum atomic E-state index is -1.24. The van der Waals surface area contributed by atoms with Gasteiger partial charge in [0.05, 0.1) is 25.1 Å². The van der Waals surface area contributed by atoms with Crippen LogP contribution in [0.5, 0.6) is 0 Å². The van der Waals surface area contributed by atoms with Crippen molar-refractivity contribution in [2.45, 2.75) is 73.1 Å². The number of benzene rings is 1. The van der Waals surface area contributed by atoms with Gasteiger partial charge in [0.15, 0.2) is 5.69 Å². The number of carbonyl (C=O) groups excluding carboxylic acids is 1. The van der Waals surface area contributed by atoms with Crippen molar-refractivity contribution in [3.8, 4) is 0 Å². The van der Waals surface area contributed by atoms with Crippen LogP contribution in [0.3, 0.4) is 0 Å². The molecule has 0 aromatic heterocycles. The number of rotatable bonds is 12. The summed E-state index contributed by atoms with van der Waals surface area (Å²) in [6.45, 7) is 17.9. The molecule has 5 heteroatoms. The van der Waals surface area contributed by atoms with E-state index in [0.29, 0.717) is 5.69 Å². The van der Waals surface area contributed by atoms with E-state index in [1.165, 1.54) is 57.0 Å². The summed E-state index contributed by atoms with van der Waals surface area (Å²) in [5.41, 5.74) is 3.49. The zero-order chi connectivity index (χ0) is 20.3. The summed E-state index contributed by atoms with van der Waals surface area (Å²) in [6, 6.07) is 3.73. The summed E-state index contributed by atoms with van der Waals surface area (Å²) in [6.07, 6.45) is 11.8. The van der Waals surface area contributed by atoms with Crippen LogP contribution in [0.2, 0.25) is 0 Å². The van der Waals surface area contributed by atoms with E-state index in [1.54, 1.807) is 0 Å². The number of carbonyl (C=O) groups is 1. The second kappa shape index (κ2) is 14.7. The fraction of sp³-hybridized carbons (Fsp3) is 0.652. The third-order valence-corrected chi connectivity index (χ3v) is 10.1. The Morgan fingerprint density at radius 3 is 1.75 bits per heavy atom. The predicted molar refractivity (Wildman–Crippen MR) is 122 cm³/mol. The first-order valence-electron chi connectivity index (χ1n) is 10.5. The van der Waals surface area contributed by atoms with Gasteiger partial charge in [0.2, 0.25) is 0 Å². The van der Waals surface area contributed by atoms with Crippen molar-refractivity contribution >= 4 is 24.5 Å². The molecule has 0 fully saturated rings. The van der Waals surface area contributed by atoms with Crippen LogP contribution in [0.25, 0.3) is 4.85 Å². The quantitative estimate of drug-likeness (QED) is 0.250. The fourth-order valence-electron chi connectivity index (χ4n) is 3.74. The first-order valence-corrected chi connectivity index (χ1v) is 13.1. The van der Waals surface area contributed by atoms with Crippen molar-refractivity contribution in [2.24, 2.45) is 0 Å². The Hall–Kier alpha value is -0.286. The number of aryl methyl sites for hydroxylation is 2. The minimum absolute atomic E-state index is 0. The molecule has 0 atom stereocenters. The second-order valence-electron chi connectivity index (χ2n) is 7.85. The number of amides is 1. The number of hydrogen-bond acceptors (Lipinski definition) is 1. The van der Waals surface area contributed by atoms with Crippen LogP contribution >= 0.6 is 7.26 Å².